The molecule has 114 valence electrons. The van der Waals surface area contributed by atoms with Gasteiger partial charge in [-0.3, -0.25) is 13.9 Å². The van der Waals surface area contributed by atoms with Gasteiger partial charge < -0.3 is 4.57 Å². The molecule has 0 bridgehead atoms. The zero-order valence-corrected chi connectivity index (χ0v) is 12.8. The third-order valence-corrected chi connectivity index (χ3v) is 4.12. The molecule has 2 aromatic heterocycles. The molecule has 6 nitrogen and oxygen atoms in total. The third-order valence-electron chi connectivity index (χ3n) is 4.12. The van der Waals surface area contributed by atoms with Crippen LogP contribution in [0.4, 0.5) is 0 Å². The van der Waals surface area contributed by atoms with Crippen molar-refractivity contribution in [1.29, 1.82) is 0 Å². The molecule has 0 aromatic carbocycles. The summed E-state index contributed by atoms with van der Waals surface area (Å²) in [5.74, 6) is 0.951. The number of aryl methyl sites for hydroxylation is 3. The smallest absolute Gasteiger partial charge is 0.322 e. The quantitative estimate of drug-likeness (QED) is 0.857. The van der Waals surface area contributed by atoms with Gasteiger partial charge in [0.05, 0.1) is 0 Å². The second-order valence-electron chi connectivity index (χ2n) is 5.70. The Labute approximate surface area is 123 Å². The lowest BCUT2D eigenvalue weighted by Gasteiger charge is -2.14. The molecule has 0 radical (unpaired) electrons. The Hall–Kier alpha value is -1.85. The van der Waals surface area contributed by atoms with Gasteiger partial charge in [0.2, 0.25) is 0 Å². The Morgan fingerprint density at radius 1 is 1.05 bits per heavy atom. The molecule has 2 aromatic rings. The molecule has 0 N–H and O–H groups in total. The highest BCUT2D eigenvalue weighted by molar-refractivity contribution is 5.71. The number of rotatable bonds is 4. The highest BCUT2D eigenvalue weighted by atomic mass is 16.2. The average molecular weight is 290 g/mol. The highest BCUT2D eigenvalue weighted by Crippen LogP contribution is 2.19. The molecule has 0 amide bonds. The first kappa shape index (κ1) is 14.1. The zero-order valence-electron chi connectivity index (χ0n) is 12.8. The van der Waals surface area contributed by atoms with Crippen molar-refractivity contribution in [1.82, 2.24) is 18.7 Å². The Kier molecular flexibility index (Phi) is 3.69. The van der Waals surface area contributed by atoms with Crippen LogP contribution in [0.25, 0.3) is 11.2 Å². The van der Waals surface area contributed by atoms with Gasteiger partial charge in [0.1, 0.15) is 5.82 Å². The van der Waals surface area contributed by atoms with Gasteiger partial charge in [-0.05, 0) is 25.7 Å². The van der Waals surface area contributed by atoms with Gasteiger partial charge in [-0.25, -0.2) is 9.78 Å². The molecular weight excluding hydrogens is 268 g/mol. The van der Waals surface area contributed by atoms with Gasteiger partial charge in [-0.1, -0.05) is 13.8 Å². The van der Waals surface area contributed by atoms with E-state index in [1.54, 1.807) is 4.57 Å². The molecule has 1 aliphatic heterocycles. The SMILES string of the molecule is CCCn1c(=O)c2c(nc3n2CCCC3)n(CCC)c1=O. The molecule has 0 aliphatic carbocycles. The van der Waals surface area contributed by atoms with Crippen LogP contribution in [0.3, 0.4) is 0 Å². The summed E-state index contributed by atoms with van der Waals surface area (Å²) in [6.07, 6.45) is 4.68. The van der Waals surface area contributed by atoms with E-state index < -0.39 is 0 Å². The van der Waals surface area contributed by atoms with Gasteiger partial charge in [0.25, 0.3) is 5.56 Å². The molecule has 0 saturated carbocycles. The summed E-state index contributed by atoms with van der Waals surface area (Å²) in [4.78, 5) is 29.9. The number of imidazole rings is 1. The maximum absolute atomic E-state index is 12.7. The van der Waals surface area contributed by atoms with Gasteiger partial charge in [-0.15, -0.1) is 0 Å². The fraction of sp³-hybridized carbons (Fsp3) is 0.667. The molecule has 6 heteroatoms. The minimum absolute atomic E-state index is 0.176. The minimum Gasteiger partial charge on any atom is -0.322 e. The fourth-order valence-corrected chi connectivity index (χ4v) is 3.17. The monoisotopic (exact) mass is 290 g/mol. The number of fused-ring (bicyclic) bond motifs is 3. The molecule has 21 heavy (non-hydrogen) atoms. The Balaban J connectivity index is 2.40. The standard InChI is InChI=1S/C15H22N4O2/c1-3-8-18-13-12(14(20)19(9-4-2)15(18)21)17-10-6-5-7-11(17)16-13/h3-10H2,1-2H3. The Morgan fingerprint density at radius 3 is 2.48 bits per heavy atom. The summed E-state index contributed by atoms with van der Waals surface area (Å²) in [5.41, 5.74) is 0.804. The predicted molar refractivity (Wildman–Crippen MR) is 81.8 cm³/mol. The molecule has 1 aliphatic rings. The third kappa shape index (κ3) is 2.13. The van der Waals surface area contributed by atoms with Gasteiger partial charge in [0.15, 0.2) is 11.2 Å². The van der Waals surface area contributed by atoms with Crippen molar-refractivity contribution >= 4 is 11.2 Å². The van der Waals surface area contributed by atoms with Crippen molar-refractivity contribution in [2.75, 3.05) is 0 Å². The van der Waals surface area contributed by atoms with Crippen LogP contribution < -0.4 is 11.2 Å². The molecule has 0 fully saturated rings. The molecule has 0 unspecified atom stereocenters. The molecular formula is C15H22N4O2. The summed E-state index contributed by atoms with van der Waals surface area (Å²) in [5, 5.41) is 0. The van der Waals surface area contributed by atoms with Gasteiger partial charge in [-0.2, -0.15) is 0 Å². The number of hydrogen-bond donors (Lipinski definition) is 0. The first-order valence-corrected chi connectivity index (χ1v) is 7.91. The topological polar surface area (TPSA) is 61.8 Å². The first-order chi connectivity index (χ1) is 10.2. The van der Waals surface area contributed by atoms with Crippen LogP contribution in [-0.4, -0.2) is 18.7 Å². The van der Waals surface area contributed by atoms with E-state index in [4.69, 9.17) is 0 Å². The number of nitrogens with zero attached hydrogens (tertiary/aromatic N) is 4. The van der Waals surface area contributed by atoms with E-state index in [1.807, 2.05) is 18.4 Å². The Bertz CT molecular complexity index is 782. The van der Waals surface area contributed by atoms with Crippen LogP contribution in [0, 0.1) is 0 Å². The number of aromatic nitrogens is 4. The van der Waals surface area contributed by atoms with Crippen molar-refractivity contribution in [3.8, 4) is 0 Å². The summed E-state index contributed by atoms with van der Waals surface area (Å²) >= 11 is 0. The lowest BCUT2D eigenvalue weighted by atomic mass is 10.2. The second kappa shape index (κ2) is 5.50. The van der Waals surface area contributed by atoms with Crippen molar-refractivity contribution in [3.63, 3.8) is 0 Å². The number of hydrogen-bond acceptors (Lipinski definition) is 3. The summed E-state index contributed by atoms with van der Waals surface area (Å²) in [7, 11) is 0. The first-order valence-electron chi connectivity index (χ1n) is 7.91. The van der Waals surface area contributed by atoms with E-state index in [0.717, 1.165) is 44.5 Å². The predicted octanol–water partition coefficient (Wildman–Crippen LogP) is 1.52. The largest absolute Gasteiger partial charge is 0.332 e. The van der Waals surface area contributed by atoms with E-state index >= 15 is 0 Å². The van der Waals surface area contributed by atoms with Crippen molar-refractivity contribution in [2.24, 2.45) is 0 Å². The molecule has 0 saturated heterocycles. The van der Waals surface area contributed by atoms with Crippen LogP contribution >= 0.6 is 0 Å². The van der Waals surface area contributed by atoms with Crippen LogP contribution in [-0.2, 0) is 26.1 Å². The lowest BCUT2D eigenvalue weighted by Crippen LogP contribution is -2.40. The highest BCUT2D eigenvalue weighted by Gasteiger charge is 2.22. The summed E-state index contributed by atoms with van der Waals surface area (Å²) in [6, 6.07) is 0. The van der Waals surface area contributed by atoms with E-state index in [1.165, 1.54) is 4.57 Å². The van der Waals surface area contributed by atoms with Crippen LogP contribution in [0.1, 0.15) is 45.4 Å². The van der Waals surface area contributed by atoms with Gasteiger partial charge >= 0.3 is 5.69 Å². The van der Waals surface area contributed by atoms with E-state index in [9.17, 15) is 9.59 Å². The maximum atomic E-state index is 12.7. The lowest BCUT2D eigenvalue weighted by molar-refractivity contribution is 0.527. The molecule has 3 heterocycles. The minimum atomic E-state index is -0.216. The molecule has 0 atom stereocenters. The molecule has 0 spiro atoms. The zero-order chi connectivity index (χ0) is 15.0. The van der Waals surface area contributed by atoms with Gasteiger partial charge in [0, 0.05) is 26.1 Å². The Morgan fingerprint density at radius 2 is 1.76 bits per heavy atom. The van der Waals surface area contributed by atoms with Crippen molar-refractivity contribution in [3.05, 3.63) is 26.7 Å². The van der Waals surface area contributed by atoms with Crippen molar-refractivity contribution < 1.29 is 0 Å². The van der Waals surface area contributed by atoms with Crippen molar-refractivity contribution in [2.45, 2.75) is 65.6 Å². The molecule has 3 rings (SSSR count). The normalized spacial score (nSPS) is 14.6. The van der Waals surface area contributed by atoms with Crippen LogP contribution in [0.5, 0.6) is 0 Å². The second-order valence-corrected chi connectivity index (χ2v) is 5.70. The average Bonchev–Trinajstić information content (AvgIpc) is 2.87. The van der Waals surface area contributed by atoms with Crippen LogP contribution in [0.2, 0.25) is 0 Å². The van der Waals surface area contributed by atoms with E-state index in [2.05, 4.69) is 4.98 Å². The van der Waals surface area contributed by atoms with Crippen LogP contribution in [0.15, 0.2) is 9.59 Å². The maximum Gasteiger partial charge on any atom is 0.332 e. The summed E-state index contributed by atoms with van der Waals surface area (Å²) in [6.45, 7) is 5.92. The fourth-order valence-electron chi connectivity index (χ4n) is 3.17. The van der Waals surface area contributed by atoms with E-state index in [0.29, 0.717) is 24.3 Å². The summed E-state index contributed by atoms with van der Waals surface area (Å²) < 4.78 is 5.08. The van der Waals surface area contributed by atoms with E-state index in [-0.39, 0.29) is 11.2 Å².